The normalized spacial score (nSPS) is 17.2. The Balaban J connectivity index is 1.92. The Kier molecular flexibility index (Phi) is 2.92. The first-order valence-corrected chi connectivity index (χ1v) is 6.22. The minimum atomic E-state index is 0.202. The van der Waals surface area contributed by atoms with Crippen molar-refractivity contribution in [3.05, 3.63) is 30.0 Å². The molecule has 0 radical (unpaired) electrons. The third-order valence-electron chi connectivity index (χ3n) is 2.55. The number of para-hydroxylation sites is 1. The Morgan fingerprint density at radius 1 is 1.50 bits per heavy atom. The van der Waals surface area contributed by atoms with Crippen molar-refractivity contribution in [2.75, 3.05) is 13.2 Å². The SMILES string of the molecule is N#Cc1nnsc1-c1ccccc1OCC1CO1. The second-order valence-electron chi connectivity index (χ2n) is 3.82. The second kappa shape index (κ2) is 4.72. The van der Waals surface area contributed by atoms with Crippen LogP contribution >= 0.6 is 11.5 Å². The van der Waals surface area contributed by atoms with Crippen molar-refractivity contribution < 1.29 is 9.47 Å². The topological polar surface area (TPSA) is 71.3 Å². The van der Waals surface area contributed by atoms with Gasteiger partial charge in [-0.15, -0.1) is 5.10 Å². The van der Waals surface area contributed by atoms with Crippen molar-refractivity contribution in [2.45, 2.75) is 6.10 Å². The number of ether oxygens (including phenoxy) is 2. The standard InChI is InChI=1S/C12H9N3O2S/c13-5-10-12(18-15-14-10)9-3-1-2-4-11(9)17-7-8-6-16-8/h1-4,8H,6-7H2. The van der Waals surface area contributed by atoms with Gasteiger partial charge in [0.25, 0.3) is 0 Å². The summed E-state index contributed by atoms with van der Waals surface area (Å²) < 4.78 is 14.6. The van der Waals surface area contributed by atoms with E-state index in [1.807, 2.05) is 30.3 Å². The minimum Gasteiger partial charge on any atom is -0.490 e. The maximum atomic E-state index is 8.98. The second-order valence-corrected chi connectivity index (χ2v) is 4.58. The van der Waals surface area contributed by atoms with Gasteiger partial charge in [-0.25, -0.2) is 0 Å². The summed E-state index contributed by atoms with van der Waals surface area (Å²) in [5.41, 5.74) is 1.18. The Hall–Kier alpha value is -1.97. The van der Waals surface area contributed by atoms with Crippen molar-refractivity contribution in [3.63, 3.8) is 0 Å². The molecule has 5 nitrogen and oxygen atoms in total. The van der Waals surface area contributed by atoms with E-state index in [9.17, 15) is 0 Å². The Labute approximate surface area is 108 Å². The maximum Gasteiger partial charge on any atom is 0.183 e. The fraction of sp³-hybridized carbons (Fsp3) is 0.250. The van der Waals surface area contributed by atoms with Gasteiger partial charge in [-0.3, -0.25) is 0 Å². The molecule has 1 aliphatic heterocycles. The average molecular weight is 259 g/mol. The quantitative estimate of drug-likeness (QED) is 0.784. The fourth-order valence-electron chi connectivity index (χ4n) is 1.57. The van der Waals surface area contributed by atoms with Crippen molar-refractivity contribution in [1.82, 2.24) is 9.59 Å². The molecule has 1 aliphatic rings. The molecule has 1 fully saturated rings. The van der Waals surface area contributed by atoms with Gasteiger partial charge in [0.05, 0.1) is 11.5 Å². The van der Waals surface area contributed by atoms with Gasteiger partial charge >= 0.3 is 0 Å². The monoisotopic (exact) mass is 259 g/mol. The zero-order valence-electron chi connectivity index (χ0n) is 9.37. The van der Waals surface area contributed by atoms with E-state index < -0.39 is 0 Å². The molecule has 90 valence electrons. The fourth-order valence-corrected chi connectivity index (χ4v) is 2.21. The van der Waals surface area contributed by atoms with Crippen LogP contribution in [0, 0.1) is 11.3 Å². The summed E-state index contributed by atoms with van der Waals surface area (Å²) in [6, 6.07) is 9.61. The van der Waals surface area contributed by atoms with Gasteiger partial charge in [0, 0.05) is 5.56 Å². The number of benzene rings is 1. The third-order valence-corrected chi connectivity index (χ3v) is 3.31. The molecule has 1 saturated heterocycles. The van der Waals surface area contributed by atoms with E-state index in [1.54, 1.807) is 0 Å². The lowest BCUT2D eigenvalue weighted by molar-refractivity contribution is 0.264. The zero-order chi connectivity index (χ0) is 12.4. The Bertz CT molecular complexity index is 601. The van der Waals surface area contributed by atoms with Crippen LogP contribution in [0.25, 0.3) is 10.4 Å². The molecule has 3 rings (SSSR count). The van der Waals surface area contributed by atoms with Gasteiger partial charge in [0.15, 0.2) is 5.69 Å². The van der Waals surface area contributed by atoms with Gasteiger partial charge in [-0.2, -0.15) is 5.26 Å². The molecule has 0 bridgehead atoms. The average Bonchev–Trinajstić information content (AvgIpc) is 3.12. The lowest BCUT2D eigenvalue weighted by Crippen LogP contribution is -2.04. The molecule has 1 aromatic carbocycles. The highest BCUT2D eigenvalue weighted by molar-refractivity contribution is 7.09. The Morgan fingerprint density at radius 2 is 2.33 bits per heavy atom. The smallest absolute Gasteiger partial charge is 0.183 e. The maximum absolute atomic E-state index is 8.98. The molecule has 0 N–H and O–H groups in total. The van der Waals surface area contributed by atoms with Crippen LogP contribution < -0.4 is 4.74 Å². The number of aromatic nitrogens is 2. The van der Waals surface area contributed by atoms with Crippen molar-refractivity contribution in [3.8, 4) is 22.3 Å². The Morgan fingerprint density at radius 3 is 3.11 bits per heavy atom. The highest BCUT2D eigenvalue weighted by Crippen LogP contribution is 2.34. The van der Waals surface area contributed by atoms with E-state index in [-0.39, 0.29) is 6.10 Å². The zero-order valence-corrected chi connectivity index (χ0v) is 10.2. The van der Waals surface area contributed by atoms with Crippen LogP contribution in [-0.2, 0) is 4.74 Å². The third kappa shape index (κ3) is 2.18. The molecular formula is C12H9N3O2S. The van der Waals surface area contributed by atoms with E-state index >= 15 is 0 Å². The van der Waals surface area contributed by atoms with Crippen LogP contribution in [0.5, 0.6) is 5.75 Å². The lowest BCUT2D eigenvalue weighted by atomic mass is 10.1. The van der Waals surface area contributed by atoms with Gasteiger partial charge in [0.2, 0.25) is 0 Å². The first-order valence-electron chi connectivity index (χ1n) is 5.44. The van der Waals surface area contributed by atoms with E-state index in [0.717, 1.165) is 22.8 Å². The molecule has 6 heteroatoms. The molecule has 0 amide bonds. The summed E-state index contributed by atoms with van der Waals surface area (Å²) >= 11 is 1.20. The number of nitriles is 1. The molecule has 0 spiro atoms. The summed E-state index contributed by atoms with van der Waals surface area (Å²) in [7, 11) is 0. The minimum absolute atomic E-state index is 0.202. The van der Waals surface area contributed by atoms with Crippen LogP contribution in [0.3, 0.4) is 0 Å². The van der Waals surface area contributed by atoms with Crippen LogP contribution in [0.2, 0.25) is 0 Å². The molecule has 0 saturated carbocycles. The summed E-state index contributed by atoms with van der Waals surface area (Å²) in [4.78, 5) is 0.741. The van der Waals surface area contributed by atoms with Crippen molar-refractivity contribution >= 4 is 11.5 Å². The largest absolute Gasteiger partial charge is 0.490 e. The van der Waals surface area contributed by atoms with E-state index in [1.165, 1.54) is 11.5 Å². The van der Waals surface area contributed by atoms with Crippen molar-refractivity contribution in [1.29, 1.82) is 5.26 Å². The first-order chi connectivity index (χ1) is 8.88. The lowest BCUT2D eigenvalue weighted by Gasteiger charge is -2.08. The predicted octanol–water partition coefficient (Wildman–Crippen LogP) is 1.85. The van der Waals surface area contributed by atoms with Crippen LogP contribution in [0.1, 0.15) is 5.69 Å². The number of hydrogen-bond acceptors (Lipinski definition) is 6. The van der Waals surface area contributed by atoms with Gasteiger partial charge in [0.1, 0.15) is 24.5 Å². The molecule has 1 aromatic heterocycles. The number of rotatable bonds is 4. The van der Waals surface area contributed by atoms with E-state index in [2.05, 4.69) is 9.59 Å². The number of nitrogens with zero attached hydrogens (tertiary/aromatic N) is 3. The predicted molar refractivity (Wildman–Crippen MR) is 65.3 cm³/mol. The highest BCUT2D eigenvalue weighted by atomic mass is 32.1. The van der Waals surface area contributed by atoms with Crippen molar-refractivity contribution in [2.24, 2.45) is 0 Å². The molecular weight excluding hydrogens is 250 g/mol. The van der Waals surface area contributed by atoms with Crippen LogP contribution in [-0.4, -0.2) is 28.9 Å². The molecule has 0 aliphatic carbocycles. The summed E-state index contributed by atoms with van der Waals surface area (Å²) in [5, 5.41) is 12.8. The van der Waals surface area contributed by atoms with Gasteiger partial charge in [-0.1, -0.05) is 16.6 Å². The van der Waals surface area contributed by atoms with Gasteiger partial charge < -0.3 is 9.47 Å². The molecule has 1 unspecified atom stereocenters. The van der Waals surface area contributed by atoms with E-state index in [4.69, 9.17) is 14.7 Å². The van der Waals surface area contributed by atoms with Gasteiger partial charge in [-0.05, 0) is 23.7 Å². The summed E-state index contributed by atoms with van der Waals surface area (Å²) in [5.74, 6) is 0.732. The highest BCUT2D eigenvalue weighted by Gasteiger charge is 2.24. The number of hydrogen-bond donors (Lipinski definition) is 0. The van der Waals surface area contributed by atoms with Crippen LogP contribution in [0.15, 0.2) is 24.3 Å². The molecule has 2 heterocycles. The first kappa shape index (κ1) is 11.1. The van der Waals surface area contributed by atoms with E-state index in [0.29, 0.717) is 12.3 Å². The molecule has 18 heavy (non-hydrogen) atoms. The molecule has 2 aromatic rings. The number of epoxide rings is 1. The molecule has 1 atom stereocenters. The summed E-state index contributed by atoms with van der Waals surface area (Å²) in [6.45, 7) is 1.29. The van der Waals surface area contributed by atoms with Crippen LogP contribution in [0.4, 0.5) is 0 Å². The summed E-state index contributed by atoms with van der Waals surface area (Å²) in [6.07, 6.45) is 0.202.